The predicted octanol–water partition coefficient (Wildman–Crippen LogP) is 5.35. The van der Waals surface area contributed by atoms with Crippen molar-refractivity contribution < 1.29 is 23.8 Å². The molecule has 2 aromatic rings. The molecule has 0 bridgehead atoms. The number of likely N-dealkylation sites (tertiary alicyclic amines) is 1. The summed E-state index contributed by atoms with van der Waals surface area (Å²) >= 11 is 0. The minimum atomic E-state index is -0.776. The minimum Gasteiger partial charge on any atom is -0.507 e. The van der Waals surface area contributed by atoms with Crippen LogP contribution in [-0.2, 0) is 15.0 Å². The fraction of sp³-hybridized carbons (Fsp3) is 0.385. The molecule has 2 aromatic carbocycles. The zero-order chi connectivity index (χ0) is 23.6. The molecule has 1 heterocycles. The van der Waals surface area contributed by atoms with Crippen LogP contribution >= 0.6 is 0 Å². The van der Waals surface area contributed by atoms with Crippen LogP contribution in [0.2, 0.25) is 0 Å². The van der Waals surface area contributed by atoms with E-state index < -0.39 is 23.5 Å². The number of Topliss-reactive ketones (excluding diaryl/α,β-unsaturated/α-hetero) is 1. The van der Waals surface area contributed by atoms with Crippen molar-refractivity contribution in [2.75, 3.05) is 13.7 Å². The van der Waals surface area contributed by atoms with Crippen LogP contribution in [0.1, 0.15) is 63.3 Å². The van der Waals surface area contributed by atoms with E-state index in [1.54, 1.807) is 37.4 Å². The van der Waals surface area contributed by atoms with Gasteiger partial charge in [0.2, 0.25) is 0 Å². The first-order valence-corrected chi connectivity index (χ1v) is 10.8. The topological polar surface area (TPSA) is 66.8 Å². The molecule has 0 aromatic heterocycles. The van der Waals surface area contributed by atoms with E-state index in [-0.39, 0.29) is 16.7 Å². The van der Waals surface area contributed by atoms with E-state index in [0.717, 1.165) is 12.0 Å². The molecular weight excluding hydrogens is 409 g/mol. The van der Waals surface area contributed by atoms with E-state index >= 15 is 0 Å². The second-order valence-corrected chi connectivity index (χ2v) is 9.06. The second-order valence-electron chi connectivity index (χ2n) is 9.06. The molecule has 1 atom stereocenters. The first-order valence-electron chi connectivity index (χ1n) is 10.8. The number of unbranched alkanes of at least 4 members (excludes halogenated alkanes) is 1. The summed E-state index contributed by atoms with van der Waals surface area (Å²) < 4.78 is 19.0. The summed E-state index contributed by atoms with van der Waals surface area (Å²) in [5.41, 5.74) is 1.61. The molecule has 1 amide bonds. The first kappa shape index (κ1) is 23.5. The SMILES string of the molecule is CCCCN1C(=O)C(=O)/C(=C(\O)c2ccc(OC)c(C(C)(C)C)c2)C1c1ccc(F)cc1. The number of ketones is 1. The van der Waals surface area contributed by atoms with Gasteiger partial charge in [-0.05, 0) is 47.7 Å². The molecule has 1 aliphatic heterocycles. The highest BCUT2D eigenvalue weighted by atomic mass is 19.1. The molecule has 1 N–H and O–H groups in total. The lowest BCUT2D eigenvalue weighted by Crippen LogP contribution is -2.30. The Kier molecular flexibility index (Phi) is 6.72. The summed E-state index contributed by atoms with van der Waals surface area (Å²) in [6.45, 7) is 8.44. The number of amides is 1. The van der Waals surface area contributed by atoms with E-state index in [4.69, 9.17) is 4.74 Å². The van der Waals surface area contributed by atoms with Crippen molar-refractivity contribution in [2.45, 2.75) is 52.0 Å². The molecule has 0 spiro atoms. The van der Waals surface area contributed by atoms with E-state index in [1.807, 2.05) is 27.7 Å². The highest BCUT2D eigenvalue weighted by Crippen LogP contribution is 2.41. The third-order valence-corrected chi connectivity index (χ3v) is 5.76. The predicted molar refractivity (Wildman–Crippen MR) is 122 cm³/mol. The number of carbonyl (C=O) groups is 2. The summed E-state index contributed by atoms with van der Waals surface area (Å²) in [7, 11) is 1.58. The van der Waals surface area contributed by atoms with Crippen molar-refractivity contribution in [3.05, 3.63) is 70.5 Å². The lowest BCUT2D eigenvalue weighted by molar-refractivity contribution is -0.139. The maximum absolute atomic E-state index is 13.6. The Hall–Kier alpha value is -3.15. The Balaban J connectivity index is 2.20. The molecule has 0 aliphatic carbocycles. The van der Waals surface area contributed by atoms with Crippen LogP contribution in [0.5, 0.6) is 5.75 Å². The number of nitrogens with zero attached hydrogens (tertiary/aromatic N) is 1. The first-order chi connectivity index (χ1) is 15.1. The van der Waals surface area contributed by atoms with Gasteiger partial charge in [0.05, 0.1) is 18.7 Å². The molecule has 0 radical (unpaired) electrons. The van der Waals surface area contributed by atoms with Crippen LogP contribution in [0.4, 0.5) is 4.39 Å². The van der Waals surface area contributed by atoms with Crippen LogP contribution in [0, 0.1) is 5.82 Å². The van der Waals surface area contributed by atoms with Gasteiger partial charge in [-0.25, -0.2) is 4.39 Å². The van der Waals surface area contributed by atoms with Gasteiger partial charge in [0.15, 0.2) is 0 Å². The van der Waals surface area contributed by atoms with Gasteiger partial charge in [-0.15, -0.1) is 0 Å². The molecule has 170 valence electrons. The van der Waals surface area contributed by atoms with Crippen LogP contribution in [-0.4, -0.2) is 35.4 Å². The van der Waals surface area contributed by atoms with Gasteiger partial charge in [0.25, 0.3) is 11.7 Å². The van der Waals surface area contributed by atoms with E-state index in [9.17, 15) is 19.1 Å². The van der Waals surface area contributed by atoms with Gasteiger partial charge in [-0.3, -0.25) is 9.59 Å². The number of aliphatic hydroxyl groups is 1. The van der Waals surface area contributed by atoms with Crippen LogP contribution in [0.3, 0.4) is 0 Å². The van der Waals surface area contributed by atoms with Crippen molar-refractivity contribution >= 4 is 17.4 Å². The Morgan fingerprint density at radius 1 is 1.12 bits per heavy atom. The van der Waals surface area contributed by atoms with Crippen molar-refractivity contribution in [1.29, 1.82) is 0 Å². The fourth-order valence-electron chi connectivity index (χ4n) is 4.03. The van der Waals surface area contributed by atoms with Gasteiger partial charge in [-0.1, -0.05) is 46.2 Å². The molecule has 1 fully saturated rings. The maximum Gasteiger partial charge on any atom is 0.295 e. The molecule has 5 nitrogen and oxygen atoms in total. The molecule has 3 rings (SSSR count). The van der Waals surface area contributed by atoms with E-state index in [2.05, 4.69) is 0 Å². The normalized spacial score (nSPS) is 18.3. The largest absolute Gasteiger partial charge is 0.507 e. The monoisotopic (exact) mass is 439 g/mol. The fourth-order valence-corrected chi connectivity index (χ4v) is 4.03. The highest BCUT2D eigenvalue weighted by molar-refractivity contribution is 6.46. The molecule has 1 saturated heterocycles. The number of hydrogen-bond acceptors (Lipinski definition) is 4. The molecule has 32 heavy (non-hydrogen) atoms. The summed E-state index contributed by atoms with van der Waals surface area (Å²) in [6, 6.07) is 10.1. The number of halogens is 1. The molecule has 1 unspecified atom stereocenters. The van der Waals surface area contributed by atoms with E-state index in [1.165, 1.54) is 17.0 Å². The highest BCUT2D eigenvalue weighted by Gasteiger charge is 2.45. The lowest BCUT2D eigenvalue weighted by Gasteiger charge is -2.26. The van der Waals surface area contributed by atoms with Crippen molar-refractivity contribution in [1.82, 2.24) is 4.90 Å². The minimum absolute atomic E-state index is 0.0164. The van der Waals surface area contributed by atoms with Gasteiger partial charge in [0, 0.05) is 17.7 Å². The Labute approximate surface area is 188 Å². The number of aliphatic hydroxyl groups excluding tert-OH is 1. The Bertz CT molecular complexity index is 1050. The zero-order valence-electron chi connectivity index (χ0n) is 19.2. The molecule has 0 saturated carbocycles. The summed E-state index contributed by atoms with van der Waals surface area (Å²) in [5, 5.41) is 11.3. The molecular formula is C26H30FNO4. The van der Waals surface area contributed by atoms with Gasteiger partial charge < -0.3 is 14.7 Å². The van der Waals surface area contributed by atoms with E-state index in [0.29, 0.717) is 29.8 Å². The summed E-state index contributed by atoms with van der Waals surface area (Å²) in [4.78, 5) is 27.4. The van der Waals surface area contributed by atoms with Gasteiger partial charge in [-0.2, -0.15) is 0 Å². The number of hydrogen-bond donors (Lipinski definition) is 1. The Morgan fingerprint density at radius 3 is 2.34 bits per heavy atom. The molecule has 6 heteroatoms. The van der Waals surface area contributed by atoms with Crippen molar-refractivity contribution in [3.8, 4) is 5.75 Å². The third-order valence-electron chi connectivity index (χ3n) is 5.76. The van der Waals surface area contributed by atoms with Crippen molar-refractivity contribution in [3.63, 3.8) is 0 Å². The second kappa shape index (κ2) is 9.15. The van der Waals surface area contributed by atoms with Crippen LogP contribution in [0.15, 0.2) is 48.0 Å². The Morgan fingerprint density at radius 2 is 1.78 bits per heavy atom. The number of ether oxygens (including phenoxy) is 1. The average Bonchev–Trinajstić information content (AvgIpc) is 3.01. The van der Waals surface area contributed by atoms with Crippen LogP contribution in [0.25, 0.3) is 5.76 Å². The molecule has 1 aliphatic rings. The summed E-state index contributed by atoms with van der Waals surface area (Å²) in [5.74, 6) is -1.37. The number of benzene rings is 2. The summed E-state index contributed by atoms with van der Waals surface area (Å²) in [6.07, 6.45) is 1.55. The maximum atomic E-state index is 13.6. The number of carbonyl (C=O) groups excluding carboxylic acids is 2. The zero-order valence-corrected chi connectivity index (χ0v) is 19.2. The van der Waals surface area contributed by atoms with Gasteiger partial charge in [0.1, 0.15) is 17.3 Å². The standard InChI is InChI=1S/C26H30FNO4/c1-6-7-14-28-22(16-8-11-18(27)12-9-16)21(24(30)25(28)31)23(29)17-10-13-20(32-5)19(15-17)26(2,3)4/h8-13,15,22,29H,6-7,14H2,1-5H3/b23-21-. The van der Waals surface area contributed by atoms with Crippen molar-refractivity contribution in [2.24, 2.45) is 0 Å². The smallest absolute Gasteiger partial charge is 0.295 e. The third kappa shape index (κ3) is 4.40. The van der Waals surface area contributed by atoms with Gasteiger partial charge >= 0.3 is 0 Å². The number of methoxy groups -OCH3 is 1. The quantitative estimate of drug-likeness (QED) is 0.374. The number of rotatable bonds is 6. The van der Waals surface area contributed by atoms with Crippen LogP contribution < -0.4 is 4.74 Å². The average molecular weight is 440 g/mol. The lowest BCUT2D eigenvalue weighted by atomic mass is 9.84.